The van der Waals surface area contributed by atoms with Crippen LogP contribution in [-0.2, 0) is 71.4 Å². The lowest BCUT2D eigenvalue weighted by atomic mass is 10.2. The van der Waals surface area contributed by atoms with E-state index in [1.165, 1.54) is 9.80 Å². The van der Waals surface area contributed by atoms with Crippen LogP contribution in [-0.4, -0.2) is 314 Å². The minimum Gasteiger partial charge on any atom is -0.456 e. The summed E-state index contributed by atoms with van der Waals surface area (Å²) in [7, 11) is 4.19. The van der Waals surface area contributed by atoms with Crippen LogP contribution in [0.15, 0.2) is 0 Å². The Morgan fingerprint density at radius 1 is 0.380 bits per heavy atom. The first-order valence-electron chi connectivity index (χ1n) is 32.6. The Morgan fingerprint density at radius 2 is 0.707 bits per heavy atom. The van der Waals surface area contributed by atoms with Crippen molar-refractivity contribution in [1.82, 2.24) is 16.0 Å². The van der Waals surface area contributed by atoms with Crippen LogP contribution < -0.4 is 25.8 Å². The van der Waals surface area contributed by atoms with Gasteiger partial charge in [-0.25, -0.2) is 28.8 Å². The number of nitrogens with zero attached hydrogens (tertiary/aromatic N) is 4. The van der Waals surface area contributed by atoms with Crippen molar-refractivity contribution < 1.29 is 99.1 Å². The van der Waals surface area contributed by atoms with Crippen LogP contribution in [0, 0.1) is 44.6 Å². The topological polar surface area (TPSA) is 230 Å². The van der Waals surface area contributed by atoms with Gasteiger partial charge in [-0.2, -0.15) is 0 Å². The second kappa shape index (κ2) is 55.5. The molecule has 6 saturated heterocycles. The molecule has 0 amide bonds. The van der Waals surface area contributed by atoms with Gasteiger partial charge < -0.3 is 131 Å². The summed E-state index contributed by atoms with van der Waals surface area (Å²) in [6.07, 6.45) is 3.01. The van der Waals surface area contributed by atoms with Crippen molar-refractivity contribution in [2.75, 3.05) is 224 Å². The normalized spacial score (nSPS) is 24.1. The number of ether oxygens (including phenoxy) is 9. The minimum absolute atomic E-state index is 0. The maximum absolute atomic E-state index is 11.4. The van der Waals surface area contributed by atoms with E-state index in [0.717, 1.165) is 155 Å². The number of likely N-dealkylation sites (N-methyl/N-ethyl adjacent to an activating group) is 2. The van der Waals surface area contributed by atoms with Gasteiger partial charge in [-0.1, -0.05) is 55.4 Å². The Labute approximate surface area is 563 Å². The molecule has 6 fully saturated rings. The SMILES string of the molecule is CC(C)NCC[N+]1(C)CCOC(=O)C1.CC(C)NCC[NH+]1CCOC(=O)C1.CC(C)OCC[N+]1(C)CCOC(=O)C1.CC(C)OCC[NH+]1CCOC(=O)C1.CCC[N+]1(CCNC(C)C)CCOC(=O)C1.CCC[N+]1(CCOC(C)C)CCOC(=O)C1.[CH3-].[CH3-].[CH3-].[CH3-].[CH3-].[CH3-]. The molecule has 0 aromatic carbocycles. The van der Waals surface area contributed by atoms with Gasteiger partial charge in [0.05, 0.1) is 85.0 Å². The standard InChI is InChI=1S/C12H25N2O2.C12H24NO3.C10H21N2O2.C10H20NO3.C9H18N2O2.C9H17NO3.6CH3/c1-4-6-14(7-5-13-11(2)3)8-9-16-12(15)10-14;1-4-5-13(6-8-15-11(2)3)7-9-16-12(14)10-13;1-9(2)11-4-5-12(3)6-7-14-10(13)8-12;1-9(2)13-6-4-11(3)5-7-14-10(12)8-11;1-8(2)10-3-4-11-5-6-13-9(12)7-11;1-8(2)12-5-3-10-4-6-13-9(11)7-10;;;;;;/h11,13H,4-10H2,1-3H3;11H,4-10H2,1-3H3;9,11H,4-8H2,1-3H3;9H,4-8H2,1-3H3;8,10H,3-7H2,1-2H3;8H,3-7H2,1-2H3;6*1H3/q4*+1;;;6*-1/p+2. The molecule has 0 aromatic heterocycles. The summed E-state index contributed by atoms with van der Waals surface area (Å²) in [6.45, 7) is 54.2. The fraction of sp³-hybridized carbons (Fsp3) is 0.824. The van der Waals surface area contributed by atoms with Crippen LogP contribution in [0.1, 0.15) is 110 Å². The Morgan fingerprint density at radius 3 is 1.08 bits per heavy atom. The van der Waals surface area contributed by atoms with Crippen molar-refractivity contribution in [1.29, 1.82) is 0 Å². The second-order valence-electron chi connectivity index (χ2n) is 26.1. The molecule has 0 aliphatic carbocycles. The smallest absolute Gasteiger partial charge is 0.362 e. The van der Waals surface area contributed by atoms with Crippen LogP contribution in [0.4, 0.5) is 0 Å². The van der Waals surface area contributed by atoms with Gasteiger partial charge >= 0.3 is 35.8 Å². The molecule has 6 heterocycles. The summed E-state index contributed by atoms with van der Waals surface area (Å²) >= 11 is 0. The lowest BCUT2D eigenvalue weighted by Gasteiger charge is -2.40. The molecular formula is C68H145N9O15. The van der Waals surface area contributed by atoms with E-state index in [4.69, 9.17) is 42.6 Å². The van der Waals surface area contributed by atoms with E-state index in [0.29, 0.717) is 104 Å². The predicted octanol–water partition coefficient (Wildman–Crippen LogP) is 2.35. The van der Waals surface area contributed by atoms with Crippen molar-refractivity contribution in [3.05, 3.63) is 44.6 Å². The number of cyclic esters (lactones) is 6. The third kappa shape index (κ3) is 49.8. The van der Waals surface area contributed by atoms with Gasteiger partial charge in [-0.05, 0) is 54.4 Å². The van der Waals surface area contributed by atoms with Gasteiger partial charge in [-0.3, -0.25) is 0 Å². The first-order chi connectivity index (χ1) is 40.6. The summed E-state index contributed by atoms with van der Waals surface area (Å²) < 4.78 is 49.3. The molecule has 0 spiro atoms. The summed E-state index contributed by atoms with van der Waals surface area (Å²) in [6, 6.07) is 1.55. The highest BCUT2D eigenvalue weighted by atomic mass is 16.6. The van der Waals surface area contributed by atoms with E-state index in [9.17, 15) is 28.8 Å². The predicted molar refractivity (Wildman–Crippen MR) is 370 cm³/mol. The lowest BCUT2D eigenvalue weighted by molar-refractivity contribution is -0.926. The maximum Gasteiger partial charge on any atom is 0.362 e. The number of nitrogens with one attached hydrogen (secondary N) is 5. The molecule has 24 nitrogen and oxygen atoms in total. The molecule has 24 heteroatoms. The molecule has 6 unspecified atom stereocenters. The molecule has 0 radical (unpaired) electrons. The molecular weight excluding hydrogens is 1180 g/mol. The molecule has 6 aliphatic rings. The van der Waals surface area contributed by atoms with Crippen molar-refractivity contribution in [3.63, 3.8) is 0 Å². The first-order valence-corrected chi connectivity index (χ1v) is 32.6. The largest absolute Gasteiger partial charge is 0.456 e. The van der Waals surface area contributed by atoms with Gasteiger partial charge in [0.15, 0.2) is 39.3 Å². The van der Waals surface area contributed by atoms with E-state index in [2.05, 4.69) is 85.4 Å². The van der Waals surface area contributed by atoms with Crippen LogP contribution in [0.3, 0.4) is 0 Å². The van der Waals surface area contributed by atoms with Crippen LogP contribution >= 0.6 is 0 Å². The fourth-order valence-electron chi connectivity index (χ4n) is 10.4. The van der Waals surface area contributed by atoms with Gasteiger partial charge in [-0.15, -0.1) is 0 Å². The zero-order valence-electron chi connectivity index (χ0n) is 62.9. The molecule has 0 bridgehead atoms. The molecule has 6 aliphatic heterocycles. The highest BCUT2D eigenvalue weighted by Crippen LogP contribution is 2.15. The third-order valence-corrected chi connectivity index (χ3v) is 15.4. The number of hydrogen-bond donors (Lipinski definition) is 5. The fourth-order valence-corrected chi connectivity index (χ4v) is 10.4. The zero-order valence-corrected chi connectivity index (χ0v) is 62.9. The summed E-state index contributed by atoms with van der Waals surface area (Å²) in [5, 5.41) is 10.1. The van der Waals surface area contributed by atoms with Crippen molar-refractivity contribution >= 4 is 35.8 Å². The molecule has 0 saturated carbocycles. The number of hydrogen-bond acceptors (Lipinski definition) is 18. The summed E-state index contributed by atoms with van der Waals surface area (Å²) in [5.74, 6) is -0.420. The zero-order chi connectivity index (χ0) is 64.6. The highest BCUT2D eigenvalue weighted by molar-refractivity contribution is 5.72. The van der Waals surface area contributed by atoms with E-state index < -0.39 is 0 Å². The van der Waals surface area contributed by atoms with Crippen LogP contribution in [0.5, 0.6) is 0 Å². The lowest BCUT2D eigenvalue weighted by Crippen LogP contribution is -3.15. The quantitative estimate of drug-likeness (QED) is 0.0328. The average molecular weight is 1330 g/mol. The summed E-state index contributed by atoms with van der Waals surface area (Å²) in [4.78, 5) is 69.4. The van der Waals surface area contributed by atoms with E-state index in [1.54, 1.807) is 0 Å². The number of quaternary nitrogens is 6. The number of carbonyl (C=O) groups is 6. The van der Waals surface area contributed by atoms with E-state index in [-0.39, 0.29) is 98.7 Å². The van der Waals surface area contributed by atoms with Crippen molar-refractivity contribution in [2.45, 2.75) is 146 Å². The maximum atomic E-state index is 11.4. The van der Waals surface area contributed by atoms with E-state index >= 15 is 0 Å². The molecule has 5 N–H and O–H groups in total. The number of rotatable bonds is 28. The molecule has 92 heavy (non-hydrogen) atoms. The highest BCUT2D eigenvalue weighted by Gasteiger charge is 2.36. The average Bonchev–Trinajstić information content (AvgIpc) is 1.01. The number of esters is 6. The van der Waals surface area contributed by atoms with Gasteiger partial charge in [0.1, 0.15) is 98.5 Å². The Balaban J connectivity index is -0.000000238. The molecule has 552 valence electrons. The van der Waals surface area contributed by atoms with E-state index in [1.807, 2.05) is 41.5 Å². The van der Waals surface area contributed by atoms with Crippen LogP contribution in [0.2, 0.25) is 0 Å². The second-order valence-corrected chi connectivity index (χ2v) is 26.1. The molecule has 6 rings (SSSR count). The summed E-state index contributed by atoms with van der Waals surface area (Å²) in [5.41, 5.74) is 0. The number of carbonyl (C=O) groups excluding carboxylic acids is 6. The Hall–Kier alpha value is -3.66. The van der Waals surface area contributed by atoms with Gasteiger partial charge in [0, 0.05) is 37.8 Å². The van der Waals surface area contributed by atoms with Gasteiger partial charge in [0.2, 0.25) is 0 Å². The van der Waals surface area contributed by atoms with Gasteiger partial charge in [0.25, 0.3) is 0 Å². The monoisotopic (exact) mass is 1330 g/mol. The minimum atomic E-state index is -0.0942. The van der Waals surface area contributed by atoms with Crippen LogP contribution in [0.25, 0.3) is 0 Å². The van der Waals surface area contributed by atoms with Crippen molar-refractivity contribution in [2.24, 2.45) is 0 Å². The van der Waals surface area contributed by atoms with Crippen molar-refractivity contribution in [3.8, 4) is 0 Å². The Bertz CT molecular complexity index is 1750. The number of morpholine rings is 6. The molecule has 6 atom stereocenters. The third-order valence-electron chi connectivity index (χ3n) is 15.4. The molecule has 0 aromatic rings. The Kier molecular flexibility index (Phi) is 59.9. The first kappa shape index (κ1) is 99.4.